The van der Waals surface area contributed by atoms with Crippen LogP contribution in [0.1, 0.15) is 23.7 Å². The number of rotatable bonds is 4. The van der Waals surface area contributed by atoms with Crippen LogP contribution in [0.15, 0.2) is 54.6 Å². The number of pyridine rings is 1. The van der Waals surface area contributed by atoms with Crippen molar-refractivity contribution in [2.75, 3.05) is 7.11 Å². The Bertz CT molecular complexity index is 825. The zero-order chi connectivity index (χ0) is 15.5. The van der Waals surface area contributed by atoms with Crippen molar-refractivity contribution in [3.05, 3.63) is 60.2 Å². The molecule has 3 nitrogen and oxygen atoms in total. The van der Waals surface area contributed by atoms with Crippen molar-refractivity contribution in [2.45, 2.75) is 13.3 Å². The summed E-state index contributed by atoms with van der Waals surface area (Å²) >= 11 is 0. The van der Waals surface area contributed by atoms with Gasteiger partial charge in [0.25, 0.3) is 0 Å². The van der Waals surface area contributed by atoms with Crippen LogP contribution in [0, 0.1) is 0 Å². The molecule has 3 heteroatoms. The average Bonchev–Trinajstić information content (AvgIpc) is 2.60. The molecule has 0 spiro atoms. The fraction of sp³-hybridized carbons (Fsp3) is 0.158. The number of aromatic nitrogens is 1. The second-order valence-corrected chi connectivity index (χ2v) is 5.08. The zero-order valence-electron chi connectivity index (χ0n) is 12.7. The minimum absolute atomic E-state index is 0.109. The highest BCUT2D eigenvalue weighted by Gasteiger charge is 2.13. The lowest BCUT2D eigenvalue weighted by Gasteiger charge is -2.10. The van der Waals surface area contributed by atoms with Crippen LogP contribution in [0.5, 0.6) is 5.75 Å². The summed E-state index contributed by atoms with van der Waals surface area (Å²) in [5.74, 6) is 0.838. The summed E-state index contributed by atoms with van der Waals surface area (Å²) in [6, 6.07) is 17.4. The first kappa shape index (κ1) is 14.3. The van der Waals surface area contributed by atoms with Gasteiger partial charge >= 0.3 is 0 Å². The predicted octanol–water partition coefficient (Wildman–Crippen LogP) is 4.50. The van der Waals surface area contributed by atoms with Gasteiger partial charge in [-0.3, -0.25) is 4.79 Å². The molecular weight excluding hydrogens is 274 g/mol. The number of carbonyl (C=O) groups excluding carboxylic acids is 1. The number of Topliss-reactive ketones (excluding diaryl/α,β-unsaturated/α-hetero) is 1. The largest absolute Gasteiger partial charge is 0.497 e. The number of benzene rings is 2. The molecule has 0 aliphatic rings. The Labute approximate surface area is 129 Å². The van der Waals surface area contributed by atoms with Gasteiger partial charge in [0.1, 0.15) is 5.75 Å². The van der Waals surface area contributed by atoms with Gasteiger partial charge in [-0.15, -0.1) is 0 Å². The first-order chi connectivity index (χ1) is 10.7. The molecule has 3 rings (SSSR count). The molecule has 3 aromatic rings. The van der Waals surface area contributed by atoms with Crippen LogP contribution >= 0.6 is 0 Å². The predicted molar refractivity (Wildman–Crippen MR) is 88.4 cm³/mol. The molecular formula is C19H17NO2. The number of ether oxygens (including phenoxy) is 1. The minimum Gasteiger partial charge on any atom is -0.497 e. The maximum atomic E-state index is 12.3. The van der Waals surface area contributed by atoms with Crippen LogP contribution in [0.4, 0.5) is 0 Å². The average molecular weight is 291 g/mol. The van der Waals surface area contributed by atoms with Crippen molar-refractivity contribution in [1.82, 2.24) is 4.98 Å². The quantitative estimate of drug-likeness (QED) is 0.664. The van der Waals surface area contributed by atoms with Crippen LogP contribution in [0.2, 0.25) is 0 Å². The third kappa shape index (κ3) is 2.58. The molecule has 0 saturated heterocycles. The van der Waals surface area contributed by atoms with E-state index in [1.165, 1.54) is 0 Å². The topological polar surface area (TPSA) is 39.2 Å². The van der Waals surface area contributed by atoms with Gasteiger partial charge in [-0.1, -0.05) is 37.3 Å². The van der Waals surface area contributed by atoms with Crippen molar-refractivity contribution in [2.24, 2.45) is 0 Å². The molecule has 2 aromatic carbocycles. The molecule has 0 amide bonds. The van der Waals surface area contributed by atoms with Gasteiger partial charge in [0.15, 0.2) is 5.78 Å². The molecule has 0 aliphatic heterocycles. The van der Waals surface area contributed by atoms with Gasteiger partial charge in [-0.2, -0.15) is 0 Å². The van der Waals surface area contributed by atoms with Gasteiger partial charge in [-0.05, 0) is 24.3 Å². The van der Waals surface area contributed by atoms with Gasteiger partial charge in [-0.25, -0.2) is 4.98 Å². The van der Waals surface area contributed by atoms with Crippen LogP contribution in [-0.2, 0) is 0 Å². The highest BCUT2D eigenvalue weighted by Crippen LogP contribution is 2.28. The van der Waals surface area contributed by atoms with Gasteiger partial charge < -0.3 is 4.74 Å². The van der Waals surface area contributed by atoms with E-state index in [1.807, 2.05) is 61.5 Å². The van der Waals surface area contributed by atoms with E-state index in [-0.39, 0.29) is 5.78 Å². The lowest BCUT2D eigenvalue weighted by atomic mass is 10.00. The van der Waals surface area contributed by atoms with Crippen molar-refractivity contribution in [3.8, 4) is 17.0 Å². The number of ketones is 1. The van der Waals surface area contributed by atoms with E-state index in [4.69, 9.17) is 9.72 Å². The second kappa shape index (κ2) is 5.98. The summed E-state index contributed by atoms with van der Waals surface area (Å²) in [6.07, 6.45) is 0.463. The first-order valence-electron chi connectivity index (χ1n) is 7.30. The zero-order valence-corrected chi connectivity index (χ0v) is 12.7. The Morgan fingerprint density at radius 1 is 1.09 bits per heavy atom. The standard InChI is InChI=1S/C19H17NO2/c1-3-19(21)16-12-18(13-7-5-4-6-8-13)20-17-10-9-14(22-2)11-15(16)17/h4-12H,3H2,1-2H3. The molecule has 22 heavy (non-hydrogen) atoms. The van der Waals surface area contributed by atoms with E-state index < -0.39 is 0 Å². The molecule has 0 N–H and O–H groups in total. The van der Waals surface area contributed by atoms with Gasteiger partial charge in [0, 0.05) is 22.9 Å². The summed E-state index contributed by atoms with van der Waals surface area (Å²) in [5.41, 5.74) is 3.32. The van der Waals surface area contributed by atoms with Gasteiger partial charge in [0.2, 0.25) is 0 Å². The van der Waals surface area contributed by atoms with Crippen molar-refractivity contribution >= 4 is 16.7 Å². The Hall–Kier alpha value is -2.68. The van der Waals surface area contributed by atoms with Crippen molar-refractivity contribution in [1.29, 1.82) is 0 Å². The summed E-state index contributed by atoms with van der Waals surface area (Å²) in [6.45, 7) is 1.87. The molecule has 0 atom stereocenters. The summed E-state index contributed by atoms with van der Waals surface area (Å²) in [4.78, 5) is 17.0. The Kier molecular flexibility index (Phi) is 3.88. The van der Waals surface area contributed by atoms with Crippen LogP contribution in [0.25, 0.3) is 22.2 Å². The van der Waals surface area contributed by atoms with E-state index in [1.54, 1.807) is 7.11 Å². The number of fused-ring (bicyclic) bond motifs is 1. The third-order valence-corrected chi connectivity index (χ3v) is 3.71. The molecule has 0 aliphatic carbocycles. The lowest BCUT2D eigenvalue weighted by molar-refractivity contribution is 0.0989. The highest BCUT2D eigenvalue weighted by molar-refractivity contribution is 6.08. The van der Waals surface area contributed by atoms with Crippen molar-refractivity contribution < 1.29 is 9.53 Å². The number of nitrogens with zero attached hydrogens (tertiary/aromatic N) is 1. The summed E-state index contributed by atoms with van der Waals surface area (Å²) in [7, 11) is 1.62. The minimum atomic E-state index is 0.109. The Morgan fingerprint density at radius 3 is 2.55 bits per heavy atom. The van der Waals surface area contributed by atoms with Gasteiger partial charge in [0.05, 0.1) is 18.3 Å². The number of hydrogen-bond acceptors (Lipinski definition) is 3. The highest BCUT2D eigenvalue weighted by atomic mass is 16.5. The molecule has 0 radical (unpaired) electrons. The van der Waals surface area contributed by atoms with Crippen molar-refractivity contribution in [3.63, 3.8) is 0 Å². The fourth-order valence-corrected chi connectivity index (χ4v) is 2.51. The fourth-order valence-electron chi connectivity index (χ4n) is 2.51. The van der Waals surface area contributed by atoms with Crippen LogP contribution < -0.4 is 4.74 Å². The number of hydrogen-bond donors (Lipinski definition) is 0. The second-order valence-electron chi connectivity index (χ2n) is 5.08. The van der Waals surface area contributed by atoms with E-state index in [0.29, 0.717) is 12.0 Å². The molecule has 110 valence electrons. The van der Waals surface area contributed by atoms with Crippen LogP contribution in [-0.4, -0.2) is 17.9 Å². The summed E-state index contributed by atoms with van der Waals surface area (Å²) in [5, 5.41) is 0.839. The molecule has 0 unspecified atom stereocenters. The smallest absolute Gasteiger partial charge is 0.163 e. The molecule has 0 fully saturated rings. The molecule has 1 aromatic heterocycles. The normalized spacial score (nSPS) is 10.6. The maximum absolute atomic E-state index is 12.3. The number of methoxy groups -OCH3 is 1. The summed E-state index contributed by atoms with van der Waals surface area (Å²) < 4.78 is 5.27. The van der Waals surface area contributed by atoms with E-state index in [0.717, 1.165) is 27.9 Å². The Morgan fingerprint density at radius 2 is 1.86 bits per heavy atom. The Balaban J connectivity index is 2.28. The maximum Gasteiger partial charge on any atom is 0.163 e. The van der Waals surface area contributed by atoms with E-state index in [9.17, 15) is 4.79 Å². The SMILES string of the molecule is CCC(=O)c1cc(-c2ccccc2)nc2ccc(OC)cc12. The van der Waals surface area contributed by atoms with E-state index >= 15 is 0 Å². The molecule has 0 saturated carbocycles. The monoisotopic (exact) mass is 291 g/mol. The first-order valence-corrected chi connectivity index (χ1v) is 7.30. The number of carbonyl (C=O) groups is 1. The van der Waals surface area contributed by atoms with Crippen LogP contribution in [0.3, 0.4) is 0 Å². The van der Waals surface area contributed by atoms with E-state index in [2.05, 4.69) is 0 Å². The molecule has 0 bridgehead atoms. The molecule has 1 heterocycles. The third-order valence-electron chi connectivity index (χ3n) is 3.71. The lowest BCUT2D eigenvalue weighted by Crippen LogP contribution is -2.01.